The molecule has 0 radical (unpaired) electrons. The highest BCUT2D eigenvalue weighted by Gasteiger charge is 2.19. The molecule has 0 aliphatic heterocycles. The van der Waals surface area contributed by atoms with Gasteiger partial charge in [-0.05, 0) is 53.8 Å². The minimum Gasteiger partial charge on any atom is -0.494 e. The number of carbonyl (C=O) groups is 1. The molecule has 180 valence electrons. The van der Waals surface area contributed by atoms with Gasteiger partial charge in [-0.2, -0.15) is 0 Å². The monoisotopic (exact) mass is 481 g/mol. The number of hydrogen-bond donors (Lipinski definition) is 4. The number of rotatable bonds is 7. The molecule has 0 atom stereocenters. The number of fused-ring (bicyclic) bond motifs is 2. The van der Waals surface area contributed by atoms with Crippen molar-refractivity contribution in [3.05, 3.63) is 83.6 Å². The van der Waals surface area contributed by atoms with Crippen LogP contribution in [0.15, 0.2) is 66.9 Å². The number of ether oxygens (including phenoxy) is 1. The lowest BCUT2D eigenvalue weighted by molar-refractivity contribution is 0.100. The molecule has 5 aromatic rings. The van der Waals surface area contributed by atoms with Gasteiger partial charge < -0.3 is 30.2 Å². The Balaban J connectivity index is 1.66. The number of pyridine rings is 1. The van der Waals surface area contributed by atoms with Crippen LogP contribution in [-0.2, 0) is 6.54 Å². The number of amides is 1. The van der Waals surface area contributed by atoms with Crippen molar-refractivity contribution in [2.45, 2.75) is 13.5 Å². The quantitative estimate of drug-likeness (QED) is 0.262. The van der Waals surface area contributed by atoms with E-state index in [1.165, 1.54) is 0 Å². The first-order valence-corrected chi connectivity index (χ1v) is 11.3. The first kappa shape index (κ1) is 23.3. The standard InChI is InChI=1S/C26H24BN5O4/c1-15-12-20-18(24(28)33)9-5-11-32(20)23(15)26-30-22-19(8-4-10-21(22)36-2)25(31-26)29-14-16-6-3-7-17(13-16)27(34)35/h3-13,34-35H,14H2,1-2H3,(H2,28,33)(H,29,30,31). The Morgan fingerprint density at radius 3 is 2.67 bits per heavy atom. The molecule has 0 aliphatic rings. The van der Waals surface area contributed by atoms with E-state index in [-0.39, 0.29) is 0 Å². The molecule has 0 spiro atoms. The summed E-state index contributed by atoms with van der Waals surface area (Å²) in [6, 6.07) is 18.0. The minimum absolute atomic E-state index is 0.392. The largest absolute Gasteiger partial charge is 0.494 e. The topological polar surface area (TPSA) is 135 Å². The lowest BCUT2D eigenvalue weighted by Crippen LogP contribution is -2.30. The molecule has 5 rings (SSSR count). The summed E-state index contributed by atoms with van der Waals surface area (Å²) in [7, 11) is 0.0449. The summed E-state index contributed by atoms with van der Waals surface area (Å²) in [4.78, 5) is 21.7. The third kappa shape index (κ3) is 4.12. The molecule has 2 aromatic carbocycles. The Bertz CT molecular complexity index is 1620. The van der Waals surface area contributed by atoms with Crippen LogP contribution in [0.2, 0.25) is 0 Å². The number of methoxy groups -OCH3 is 1. The van der Waals surface area contributed by atoms with E-state index in [4.69, 9.17) is 20.4 Å². The van der Waals surface area contributed by atoms with Crippen LogP contribution in [0.1, 0.15) is 21.5 Å². The maximum Gasteiger partial charge on any atom is 0.488 e. The molecule has 0 saturated carbocycles. The summed E-state index contributed by atoms with van der Waals surface area (Å²) in [5.74, 6) is 1.13. The van der Waals surface area contributed by atoms with Crippen molar-refractivity contribution in [3.8, 4) is 17.3 Å². The van der Waals surface area contributed by atoms with Gasteiger partial charge in [0, 0.05) is 18.1 Å². The molecule has 5 N–H and O–H groups in total. The maximum atomic E-state index is 12.0. The van der Waals surface area contributed by atoms with Crippen molar-refractivity contribution >= 4 is 40.7 Å². The fraction of sp³-hybridized carbons (Fsp3) is 0.115. The lowest BCUT2D eigenvalue weighted by atomic mass is 9.80. The summed E-state index contributed by atoms with van der Waals surface area (Å²) in [6.45, 7) is 2.32. The van der Waals surface area contributed by atoms with Gasteiger partial charge in [0.1, 0.15) is 17.1 Å². The average molecular weight is 481 g/mol. The third-order valence-corrected chi connectivity index (χ3v) is 6.10. The Morgan fingerprint density at radius 1 is 1.11 bits per heavy atom. The number of anilines is 1. The zero-order valence-electron chi connectivity index (χ0n) is 19.8. The predicted molar refractivity (Wildman–Crippen MR) is 139 cm³/mol. The average Bonchev–Trinajstić information content (AvgIpc) is 3.22. The first-order chi connectivity index (χ1) is 17.4. The van der Waals surface area contributed by atoms with Gasteiger partial charge in [-0.3, -0.25) is 4.79 Å². The summed E-state index contributed by atoms with van der Waals surface area (Å²) in [6.07, 6.45) is 1.85. The molecule has 9 nitrogen and oxygen atoms in total. The van der Waals surface area contributed by atoms with Gasteiger partial charge in [0.2, 0.25) is 0 Å². The third-order valence-electron chi connectivity index (χ3n) is 6.10. The second-order valence-electron chi connectivity index (χ2n) is 8.44. The Labute approximate surface area is 207 Å². The number of aryl methyl sites for hydroxylation is 1. The Hall–Kier alpha value is -4.41. The predicted octanol–water partition coefficient (Wildman–Crippen LogP) is 2.26. The van der Waals surface area contributed by atoms with E-state index in [2.05, 4.69) is 5.32 Å². The lowest BCUT2D eigenvalue weighted by Gasteiger charge is -2.14. The van der Waals surface area contributed by atoms with E-state index in [0.717, 1.165) is 22.2 Å². The molecule has 0 bridgehead atoms. The fourth-order valence-corrected chi connectivity index (χ4v) is 4.40. The summed E-state index contributed by atoms with van der Waals surface area (Å²) in [5.41, 5.74) is 10.2. The van der Waals surface area contributed by atoms with Crippen molar-refractivity contribution in [1.82, 2.24) is 14.4 Å². The molecular formula is C26H24BN5O4. The van der Waals surface area contributed by atoms with Gasteiger partial charge in [0.05, 0.1) is 23.9 Å². The van der Waals surface area contributed by atoms with E-state index >= 15 is 0 Å². The smallest absolute Gasteiger partial charge is 0.488 e. The van der Waals surface area contributed by atoms with E-state index < -0.39 is 13.0 Å². The molecule has 0 aliphatic carbocycles. The molecule has 3 heterocycles. The van der Waals surface area contributed by atoms with Gasteiger partial charge in [0.15, 0.2) is 5.82 Å². The van der Waals surface area contributed by atoms with E-state index in [9.17, 15) is 14.8 Å². The number of benzene rings is 2. The van der Waals surface area contributed by atoms with Crippen LogP contribution in [-0.4, -0.2) is 44.6 Å². The summed E-state index contributed by atoms with van der Waals surface area (Å²) < 4.78 is 7.45. The van der Waals surface area contributed by atoms with E-state index in [1.54, 1.807) is 37.4 Å². The highest BCUT2D eigenvalue weighted by molar-refractivity contribution is 6.58. The zero-order chi connectivity index (χ0) is 25.4. The Morgan fingerprint density at radius 2 is 1.92 bits per heavy atom. The van der Waals surface area contributed by atoms with Gasteiger partial charge in [-0.1, -0.05) is 30.3 Å². The number of carbonyl (C=O) groups excluding carboxylic acids is 1. The van der Waals surface area contributed by atoms with Crippen LogP contribution >= 0.6 is 0 Å². The molecule has 10 heteroatoms. The van der Waals surface area contributed by atoms with Crippen LogP contribution < -0.4 is 21.3 Å². The fourth-order valence-electron chi connectivity index (χ4n) is 4.40. The van der Waals surface area contributed by atoms with Gasteiger partial charge in [0.25, 0.3) is 5.91 Å². The minimum atomic E-state index is -1.54. The van der Waals surface area contributed by atoms with Gasteiger partial charge in [-0.15, -0.1) is 0 Å². The number of para-hydroxylation sites is 1. The van der Waals surface area contributed by atoms with Crippen LogP contribution in [0.5, 0.6) is 5.75 Å². The summed E-state index contributed by atoms with van der Waals surface area (Å²) >= 11 is 0. The van der Waals surface area contributed by atoms with Crippen molar-refractivity contribution in [2.24, 2.45) is 5.73 Å². The second-order valence-corrected chi connectivity index (χ2v) is 8.44. The first-order valence-electron chi connectivity index (χ1n) is 11.3. The van der Waals surface area contributed by atoms with Crippen molar-refractivity contribution in [2.75, 3.05) is 12.4 Å². The highest BCUT2D eigenvalue weighted by atomic mass is 16.5. The van der Waals surface area contributed by atoms with Crippen molar-refractivity contribution < 1.29 is 19.6 Å². The number of nitrogens with one attached hydrogen (secondary N) is 1. The highest BCUT2D eigenvalue weighted by Crippen LogP contribution is 2.33. The van der Waals surface area contributed by atoms with Crippen molar-refractivity contribution in [3.63, 3.8) is 0 Å². The molecule has 1 amide bonds. The van der Waals surface area contributed by atoms with Crippen LogP contribution in [0.3, 0.4) is 0 Å². The number of hydrogen-bond acceptors (Lipinski definition) is 7. The van der Waals surface area contributed by atoms with Crippen LogP contribution in [0.4, 0.5) is 5.82 Å². The molecular weight excluding hydrogens is 457 g/mol. The van der Waals surface area contributed by atoms with Crippen LogP contribution in [0.25, 0.3) is 27.9 Å². The Kier molecular flexibility index (Phi) is 6.05. The molecule has 36 heavy (non-hydrogen) atoms. The number of nitrogens with zero attached hydrogens (tertiary/aromatic N) is 3. The normalized spacial score (nSPS) is 11.1. The molecule has 0 unspecified atom stereocenters. The second kappa shape index (κ2) is 9.33. The van der Waals surface area contributed by atoms with E-state index in [1.807, 2.05) is 47.9 Å². The number of aromatic nitrogens is 3. The molecule has 0 fully saturated rings. The van der Waals surface area contributed by atoms with Crippen molar-refractivity contribution in [1.29, 1.82) is 0 Å². The maximum absolute atomic E-state index is 12.0. The molecule has 0 saturated heterocycles. The SMILES string of the molecule is COc1cccc2c(NCc3cccc(B(O)O)c3)nc(-c3c(C)cc4c(C(N)=O)cccn34)nc12. The molecule has 3 aromatic heterocycles. The number of nitrogens with two attached hydrogens (primary N) is 1. The number of primary amides is 1. The zero-order valence-corrected chi connectivity index (χ0v) is 19.8. The van der Waals surface area contributed by atoms with E-state index in [0.29, 0.717) is 46.0 Å². The van der Waals surface area contributed by atoms with Gasteiger partial charge >= 0.3 is 7.12 Å². The van der Waals surface area contributed by atoms with Gasteiger partial charge in [-0.25, -0.2) is 9.97 Å². The van der Waals surface area contributed by atoms with Crippen LogP contribution in [0, 0.1) is 6.92 Å². The summed E-state index contributed by atoms with van der Waals surface area (Å²) in [5, 5.41) is 23.2.